The van der Waals surface area contributed by atoms with E-state index in [4.69, 9.17) is 10.2 Å². The molecule has 2 atom stereocenters. The first-order chi connectivity index (χ1) is 6.56. The highest BCUT2D eigenvalue weighted by Gasteiger charge is 2.46. The maximum atomic E-state index is 6.13. The third kappa shape index (κ3) is 1.11. The fourth-order valence-electron chi connectivity index (χ4n) is 2.26. The minimum absolute atomic E-state index is 0.124. The number of nitrogens with two attached hydrogens (primary N) is 1. The highest BCUT2D eigenvalue weighted by Crippen LogP contribution is 2.37. The van der Waals surface area contributed by atoms with Crippen LogP contribution in [0.4, 0.5) is 0 Å². The highest BCUT2D eigenvalue weighted by atomic mass is 16.3. The predicted octanol–water partition coefficient (Wildman–Crippen LogP) is 0.861. The molecule has 0 radical (unpaired) electrons. The fraction of sp³-hybridized carbons (Fsp3) is 0.700. The monoisotopic (exact) mass is 195 g/mol. The Labute approximate surface area is 84.1 Å². The molecule has 1 aliphatic heterocycles. The minimum atomic E-state index is -0.194. The molecule has 0 aromatic carbocycles. The van der Waals surface area contributed by atoms with Crippen molar-refractivity contribution in [2.75, 3.05) is 13.6 Å². The number of hydrogen-bond donors (Lipinski definition) is 1. The molecule has 0 aliphatic carbocycles. The van der Waals surface area contributed by atoms with Crippen molar-refractivity contribution in [1.82, 2.24) is 9.88 Å². The zero-order chi connectivity index (χ0) is 10.3. The first kappa shape index (κ1) is 9.68. The van der Waals surface area contributed by atoms with Crippen LogP contribution in [0.2, 0.25) is 0 Å². The maximum absolute atomic E-state index is 6.13. The summed E-state index contributed by atoms with van der Waals surface area (Å²) in [6.45, 7) is 5.10. The smallest absolute Gasteiger partial charge is 0.181 e. The Morgan fingerprint density at radius 1 is 1.71 bits per heavy atom. The predicted molar refractivity (Wildman–Crippen MR) is 53.8 cm³/mol. The summed E-state index contributed by atoms with van der Waals surface area (Å²) in [6.07, 6.45) is 2.50. The molecule has 2 heterocycles. The summed E-state index contributed by atoms with van der Waals surface area (Å²) in [5, 5.41) is 0. The van der Waals surface area contributed by atoms with Gasteiger partial charge in [-0.1, -0.05) is 0 Å². The van der Waals surface area contributed by atoms with Gasteiger partial charge < -0.3 is 10.2 Å². The third-order valence-corrected chi connectivity index (χ3v) is 3.50. The van der Waals surface area contributed by atoms with Gasteiger partial charge in [-0.3, -0.25) is 4.90 Å². The molecule has 0 saturated carbocycles. The molecule has 0 spiro atoms. The van der Waals surface area contributed by atoms with Crippen molar-refractivity contribution in [3.63, 3.8) is 0 Å². The van der Waals surface area contributed by atoms with Gasteiger partial charge in [0.15, 0.2) is 6.39 Å². The Hall–Kier alpha value is -0.870. The van der Waals surface area contributed by atoms with Crippen molar-refractivity contribution in [1.29, 1.82) is 0 Å². The van der Waals surface area contributed by atoms with Gasteiger partial charge in [0, 0.05) is 12.6 Å². The van der Waals surface area contributed by atoms with Crippen molar-refractivity contribution < 1.29 is 4.42 Å². The van der Waals surface area contributed by atoms with Gasteiger partial charge in [0.25, 0.3) is 0 Å². The summed E-state index contributed by atoms with van der Waals surface area (Å²) >= 11 is 0. The largest absolute Gasteiger partial charge is 0.446 e. The van der Waals surface area contributed by atoms with Gasteiger partial charge in [-0.2, -0.15) is 0 Å². The maximum Gasteiger partial charge on any atom is 0.181 e. The minimum Gasteiger partial charge on any atom is -0.446 e. The SMILES string of the molecule is Cc1ncoc1C1(C)C(N)CCN1C. The Kier molecular flexibility index (Phi) is 2.12. The highest BCUT2D eigenvalue weighted by molar-refractivity contribution is 5.21. The van der Waals surface area contributed by atoms with E-state index in [1.165, 1.54) is 6.39 Å². The van der Waals surface area contributed by atoms with Crippen LogP contribution in [-0.2, 0) is 5.54 Å². The van der Waals surface area contributed by atoms with E-state index in [1.54, 1.807) is 0 Å². The van der Waals surface area contributed by atoms with Crippen LogP contribution >= 0.6 is 0 Å². The van der Waals surface area contributed by atoms with Crippen LogP contribution in [-0.4, -0.2) is 29.5 Å². The van der Waals surface area contributed by atoms with Crippen LogP contribution < -0.4 is 5.73 Å². The van der Waals surface area contributed by atoms with E-state index >= 15 is 0 Å². The molecule has 0 bridgehead atoms. The lowest BCUT2D eigenvalue weighted by Gasteiger charge is -2.33. The molecule has 2 unspecified atom stereocenters. The van der Waals surface area contributed by atoms with Gasteiger partial charge >= 0.3 is 0 Å². The molecule has 1 aromatic heterocycles. The summed E-state index contributed by atoms with van der Waals surface area (Å²) in [7, 11) is 2.08. The first-order valence-electron chi connectivity index (χ1n) is 4.94. The molecule has 2 N–H and O–H groups in total. The fourth-order valence-corrected chi connectivity index (χ4v) is 2.26. The number of aryl methyl sites for hydroxylation is 1. The molecule has 1 aromatic rings. The van der Waals surface area contributed by atoms with Crippen molar-refractivity contribution >= 4 is 0 Å². The van der Waals surface area contributed by atoms with Gasteiger partial charge in [0.1, 0.15) is 5.76 Å². The number of likely N-dealkylation sites (tertiary alicyclic amines) is 1. The summed E-state index contributed by atoms with van der Waals surface area (Å²) in [4.78, 5) is 6.37. The Balaban J connectivity index is 2.45. The summed E-state index contributed by atoms with van der Waals surface area (Å²) in [6, 6.07) is 0.124. The molecular formula is C10H17N3O. The third-order valence-electron chi connectivity index (χ3n) is 3.50. The Morgan fingerprint density at radius 2 is 2.43 bits per heavy atom. The molecule has 1 fully saturated rings. The van der Waals surface area contributed by atoms with Crippen LogP contribution in [0.3, 0.4) is 0 Å². The van der Waals surface area contributed by atoms with Crippen LogP contribution in [0.5, 0.6) is 0 Å². The van der Waals surface area contributed by atoms with Gasteiger partial charge in [-0.25, -0.2) is 4.98 Å². The van der Waals surface area contributed by atoms with Gasteiger partial charge in [-0.15, -0.1) is 0 Å². The van der Waals surface area contributed by atoms with E-state index < -0.39 is 0 Å². The second-order valence-electron chi connectivity index (χ2n) is 4.23. The lowest BCUT2D eigenvalue weighted by Crippen LogP contribution is -2.47. The molecule has 2 rings (SSSR count). The molecule has 14 heavy (non-hydrogen) atoms. The van der Waals surface area contributed by atoms with Gasteiger partial charge in [0.05, 0.1) is 11.2 Å². The van der Waals surface area contributed by atoms with Gasteiger partial charge in [-0.05, 0) is 27.3 Å². The first-order valence-corrected chi connectivity index (χ1v) is 4.94. The van der Waals surface area contributed by atoms with E-state index in [-0.39, 0.29) is 11.6 Å². The zero-order valence-corrected chi connectivity index (χ0v) is 8.95. The molecular weight excluding hydrogens is 178 g/mol. The topological polar surface area (TPSA) is 55.3 Å². The summed E-state index contributed by atoms with van der Waals surface area (Å²) in [5.41, 5.74) is 6.88. The standard InChI is InChI=1S/C10H17N3O/c1-7-9(14-6-12-7)10(2)8(11)4-5-13(10)3/h6,8H,4-5,11H2,1-3H3. The van der Waals surface area contributed by atoms with Crippen LogP contribution in [0.25, 0.3) is 0 Å². The van der Waals surface area contributed by atoms with E-state index in [2.05, 4.69) is 23.9 Å². The van der Waals surface area contributed by atoms with Crippen molar-refractivity contribution in [2.45, 2.75) is 31.8 Å². The molecule has 4 nitrogen and oxygen atoms in total. The number of oxazole rings is 1. The average Bonchev–Trinajstić information content (AvgIpc) is 2.67. The van der Waals surface area contributed by atoms with Crippen LogP contribution in [0.1, 0.15) is 24.8 Å². The summed E-state index contributed by atoms with van der Waals surface area (Å²) in [5.74, 6) is 0.907. The second kappa shape index (κ2) is 3.07. The van der Waals surface area contributed by atoms with E-state index in [0.29, 0.717) is 0 Å². The second-order valence-corrected chi connectivity index (χ2v) is 4.23. The molecule has 78 valence electrons. The van der Waals surface area contributed by atoms with Crippen molar-refractivity contribution in [2.24, 2.45) is 5.73 Å². The van der Waals surface area contributed by atoms with Crippen molar-refractivity contribution in [3.8, 4) is 0 Å². The van der Waals surface area contributed by atoms with Crippen LogP contribution in [0.15, 0.2) is 10.8 Å². The number of rotatable bonds is 1. The number of hydrogen-bond acceptors (Lipinski definition) is 4. The van der Waals surface area contributed by atoms with E-state index in [1.807, 2.05) is 6.92 Å². The average molecular weight is 195 g/mol. The van der Waals surface area contributed by atoms with Crippen LogP contribution in [0, 0.1) is 6.92 Å². The molecule has 4 heteroatoms. The molecule has 1 aliphatic rings. The normalized spacial score (nSPS) is 33.9. The van der Waals surface area contributed by atoms with Gasteiger partial charge in [0.2, 0.25) is 0 Å². The number of aromatic nitrogens is 1. The summed E-state index contributed by atoms with van der Waals surface area (Å²) < 4.78 is 5.46. The molecule has 1 saturated heterocycles. The van der Waals surface area contributed by atoms with E-state index in [0.717, 1.165) is 24.4 Å². The quantitative estimate of drug-likeness (QED) is 0.722. The lowest BCUT2D eigenvalue weighted by molar-refractivity contribution is 0.147. The zero-order valence-electron chi connectivity index (χ0n) is 8.95. The van der Waals surface area contributed by atoms with E-state index in [9.17, 15) is 0 Å². The Bertz CT molecular complexity index is 324. The number of likely N-dealkylation sites (N-methyl/N-ethyl adjacent to an activating group) is 1. The molecule has 0 amide bonds. The number of nitrogens with zero attached hydrogens (tertiary/aromatic N) is 2. The Morgan fingerprint density at radius 3 is 2.86 bits per heavy atom. The van der Waals surface area contributed by atoms with Crippen molar-refractivity contribution in [3.05, 3.63) is 17.8 Å². The lowest BCUT2D eigenvalue weighted by atomic mass is 9.90.